The van der Waals surface area contributed by atoms with Crippen LogP contribution in [0.15, 0.2) is 42.9 Å². The molecule has 0 unspecified atom stereocenters. The van der Waals surface area contributed by atoms with Crippen molar-refractivity contribution in [1.82, 2.24) is 24.4 Å². The number of methoxy groups -OCH3 is 1. The maximum atomic E-state index is 9.38. The van der Waals surface area contributed by atoms with Crippen molar-refractivity contribution in [2.75, 3.05) is 20.3 Å². The molecular weight excluding hydrogens is 318 g/mol. The fraction of sp³-hybridized carbons (Fsp3) is 0.333. The molecule has 0 atom stereocenters. The van der Waals surface area contributed by atoms with Gasteiger partial charge < -0.3 is 19.4 Å². The third-order valence-electron chi connectivity index (χ3n) is 4.00. The molecule has 3 rings (SSSR count). The van der Waals surface area contributed by atoms with E-state index in [4.69, 9.17) is 4.74 Å². The number of ether oxygens (including phenoxy) is 1. The molecule has 0 saturated carbocycles. The lowest BCUT2D eigenvalue weighted by molar-refractivity contribution is 0.179. The van der Waals surface area contributed by atoms with Gasteiger partial charge in [-0.1, -0.05) is 0 Å². The van der Waals surface area contributed by atoms with E-state index in [9.17, 15) is 5.11 Å². The van der Waals surface area contributed by atoms with E-state index in [1.807, 2.05) is 48.1 Å². The molecule has 2 N–H and O–H groups in total. The van der Waals surface area contributed by atoms with Gasteiger partial charge in [-0.3, -0.25) is 4.90 Å². The normalized spacial score (nSPS) is 11.2. The lowest BCUT2D eigenvalue weighted by atomic mass is 10.3. The van der Waals surface area contributed by atoms with Gasteiger partial charge in [-0.25, -0.2) is 9.97 Å². The second kappa shape index (κ2) is 7.96. The highest BCUT2D eigenvalue weighted by Crippen LogP contribution is 2.17. The SMILES string of the molecule is COc1ccc(-n2ccnc2CN(CCO)Cc2cnc(C)[nH]2)cc1. The maximum Gasteiger partial charge on any atom is 0.127 e. The molecule has 0 amide bonds. The molecule has 7 heteroatoms. The molecule has 7 nitrogen and oxygen atoms in total. The van der Waals surface area contributed by atoms with E-state index < -0.39 is 0 Å². The van der Waals surface area contributed by atoms with Crippen molar-refractivity contribution >= 4 is 0 Å². The fourth-order valence-corrected chi connectivity index (χ4v) is 2.78. The summed E-state index contributed by atoms with van der Waals surface area (Å²) in [6.45, 7) is 3.88. The van der Waals surface area contributed by atoms with Gasteiger partial charge in [0.25, 0.3) is 0 Å². The summed E-state index contributed by atoms with van der Waals surface area (Å²) in [6, 6.07) is 7.85. The van der Waals surface area contributed by atoms with Gasteiger partial charge in [0.05, 0.1) is 20.3 Å². The van der Waals surface area contributed by atoms with Crippen molar-refractivity contribution in [3.63, 3.8) is 0 Å². The van der Waals surface area contributed by atoms with Gasteiger partial charge >= 0.3 is 0 Å². The second-order valence-electron chi connectivity index (χ2n) is 5.84. The Morgan fingerprint density at radius 3 is 2.64 bits per heavy atom. The van der Waals surface area contributed by atoms with Gasteiger partial charge in [-0.15, -0.1) is 0 Å². The Balaban J connectivity index is 1.77. The largest absolute Gasteiger partial charge is 0.497 e. The Morgan fingerprint density at radius 2 is 2.00 bits per heavy atom. The zero-order valence-electron chi connectivity index (χ0n) is 14.5. The van der Waals surface area contributed by atoms with Crippen LogP contribution in [-0.2, 0) is 13.1 Å². The number of rotatable bonds is 8. The minimum atomic E-state index is 0.0936. The van der Waals surface area contributed by atoms with Crippen LogP contribution in [0.3, 0.4) is 0 Å². The summed E-state index contributed by atoms with van der Waals surface area (Å²) < 4.78 is 7.26. The molecule has 2 heterocycles. The number of nitrogens with zero attached hydrogens (tertiary/aromatic N) is 4. The summed E-state index contributed by atoms with van der Waals surface area (Å²) in [4.78, 5) is 14.1. The van der Waals surface area contributed by atoms with Crippen LogP contribution in [0.25, 0.3) is 5.69 Å². The molecule has 0 saturated heterocycles. The molecule has 0 aliphatic heterocycles. The van der Waals surface area contributed by atoms with Gasteiger partial charge in [-0.05, 0) is 31.2 Å². The first-order valence-electron chi connectivity index (χ1n) is 8.20. The van der Waals surface area contributed by atoms with Gasteiger partial charge in [0.15, 0.2) is 0 Å². The molecule has 25 heavy (non-hydrogen) atoms. The molecule has 132 valence electrons. The molecule has 2 aromatic heterocycles. The quantitative estimate of drug-likeness (QED) is 0.654. The molecule has 0 aliphatic rings. The highest BCUT2D eigenvalue weighted by Gasteiger charge is 2.13. The highest BCUT2D eigenvalue weighted by atomic mass is 16.5. The summed E-state index contributed by atoms with van der Waals surface area (Å²) in [7, 11) is 1.65. The first kappa shape index (κ1) is 17.2. The maximum absolute atomic E-state index is 9.38. The summed E-state index contributed by atoms with van der Waals surface area (Å²) in [6.07, 6.45) is 5.56. The van der Waals surface area contributed by atoms with Crippen LogP contribution in [0, 0.1) is 6.92 Å². The second-order valence-corrected chi connectivity index (χ2v) is 5.84. The van der Waals surface area contributed by atoms with E-state index in [0.29, 0.717) is 19.6 Å². The van der Waals surface area contributed by atoms with Crippen LogP contribution < -0.4 is 4.74 Å². The van der Waals surface area contributed by atoms with Crippen LogP contribution >= 0.6 is 0 Å². The number of benzene rings is 1. The number of aryl methyl sites for hydroxylation is 1. The number of imidazole rings is 2. The Hall–Kier alpha value is -2.64. The third-order valence-corrected chi connectivity index (χ3v) is 4.00. The predicted molar refractivity (Wildman–Crippen MR) is 94.6 cm³/mol. The molecule has 1 aromatic carbocycles. The Kier molecular flexibility index (Phi) is 5.47. The van der Waals surface area contributed by atoms with Crippen molar-refractivity contribution in [3.05, 3.63) is 60.2 Å². The van der Waals surface area contributed by atoms with E-state index in [1.54, 1.807) is 13.3 Å². The zero-order chi connectivity index (χ0) is 17.6. The number of hydrogen-bond acceptors (Lipinski definition) is 5. The monoisotopic (exact) mass is 341 g/mol. The topological polar surface area (TPSA) is 79.2 Å². The van der Waals surface area contributed by atoms with Crippen molar-refractivity contribution in [3.8, 4) is 11.4 Å². The lowest BCUT2D eigenvalue weighted by Crippen LogP contribution is -2.27. The lowest BCUT2D eigenvalue weighted by Gasteiger charge is -2.21. The van der Waals surface area contributed by atoms with Crippen LogP contribution in [0.4, 0.5) is 0 Å². The number of aromatic amines is 1. The summed E-state index contributed by atoms with van der Waals surface area (Å²) in [5, 5.41) is 9.38. The fourth-order valence-electron chi connectivity index (χ4n) is 2.78. The van der Waals surface area contributed by atoms with E-state index in [2.05, 4.69) is 19.9 Å². The molecule has 0 aliphatic carbocycles. The molecule has 0 fully saturated rings. The van der Waals surface area contributed by atoms with Crippen molar-refractivity contribution in [2.45, 2.75) is 20.0 Å². The number of aliphatic hydroxyl groups excluding tert-OH is 1. The van der Waals surface area contributed by atoms with Crippen LogP contribution in [0.2, 0.25) is 0 Å². The van der Waals surface area contributed by atoms with E-state index in [1.165, 1.54) is 0 Å². The molecular formula is C18H23N5O2. The van der Waals surface area contributed by atoms with Crippen molar-refractivity contribution in [1.29, 1.82) is 0 Å². The van der Waals surface area contributed by atoms with Crippen molar-refractivity contribution in [2.24, 2.45) is 0 Å². The Bertz CT molecular complexity index is 794. The molecule has 0 bridgehead atoms. The van der Waals surface area contributed by atoms with Crippen LogP contribution in [-0.4, -0.2) is 49.8 Å². The van der Waals surface area contributed by atoms with E-state index in [-0.39, 0.29) is 6.61 Å². The average molecular weight is 341 g/mol. The Labute approximate surface area is 146 Å². The number of aliphatic hydroxyl groups is 1. The van der Waals surface area contributed by atoms with E-state index in [0.717, 1.165) is 28.8 Å². The number of nitrogens with one attached hydrogen (secondary N) is 1. The average Bonchev–Trinajstić information content (AvgIpc) is 3.24. The van der Waals surface area contributed by atoms with Gasteiger partial charge in [0.1, 0.15) is 17.4 Å². The van der Waals surface area contributed by atoms with E-state index >= 15 is 0 Å². The summed E-state index contributed by atoms with van der Waals surface area (Å²) >= 11 is 0. The first-order valence-corrected chi connectivity index (χ1v) is 8.20. The number of aromatic nitrogens is 4. The molecule has 0 radical (unpaired) electrons. The standard InChI is InChI=1S/C18H23N5O2/c1-14-20-11-15(21-14)12-22(9-10-24)13-18-19-7-8-23(18)16-3-5-17(25-2)6-4-16/h3-8,11,24H,9-10,12-13H2,1-2H3,(H,20,21). The summed E-state index contributed by atoms with van der Waals surface area (Å²) in [5.41, 5.74) is 2.04. The zero-order valence-corrected chi connectivity index (χ0v) is 14.5. The number of H-pyrrole nitrogens is 1. The van der Waals surface area contributed by atoms with Crippen LogP contribution in [0.1, 0.15) is 17.3 Å². The minimum Gasteiger partial charge on any atom is -0.497 e. The summed E-state index contributed by atoms with van der Waals surface area (Å²) in [5.74, 6) is 2.62. The highest BCUT2D eigenvalue weighted by molar-refractivity contribution is 5.38. The minimum absolute atomic E-state index is 0.0936. The van der Waals surface area contributed by atoms with Gasteiger partial charge in [0, 0.05) is 43.1 Å². The van der Waals surface area contributed by atoms with Gasteiger partial charge in [-0.2, -0.15) is 0 Å². The third kappa shape index (κ3) is 4.26. The van der Waals surface area contributed by atoms with Crippen LogP contribution in [0.5, 0.6) is 5.75 Å². The first-order chi connectivity index (χ1) is 12.2. The Morgan fingerprint density at radius 1 is 1.20 bits per heavy atom. The molecule has 0 spiro atoms. The van der Waals surface area contributed by atoms with Gasteiger partial charge in [0.2, 0.25) is 0 Å². The molecule has 3 aromatic rings. The van der Waals surface area contributed by atoms with Crippen molar-refractivity contribution < 1.29 is 9.84 Å². The predicted octanol–water partition coefficient (Wildman–Crippen LogP) is 1.91. The smallest absolute Gasteiger partial charge is 0.127 e. The number of hydrogen-bond donors (Lipinski definition) is 2.